The molecule has 0 saturated heterocycles. The van der Waals surface area contributed by atoms with Crippen molar-refractivity contribution in [2.45, 2.75) is 52.1 Å². The van der Waals surface area contributed by atoms with Crippen LogP contribution in [0.3, 0.4) is 0 Å². The summed E-state index contributed by atoms with van der Waals surface area (Å²) in [7, 11) is 0. The quantitative estimate of drug-likeness (QED) is 0.798. The van der Waals surface area contributed by atoms with Gasteiger partial charge in [-0.15, -0.1) is 0 Å². The smallest absolute Gasteiger partial charge is 0.308 e. The molecule has 2 rings (SSSR count). The molecule has 0 aliphatic heterocycles. The summed E-state index contributed by atoms with van der Waals surface area (Å²) in [5.74, 6) is 0.0780. The number of nitrogens with one attached hydrogen (secondary N) is 2. The second-order valence-electron chi connectivity index (χ2n) is 5.16. The molecule has 0 amide bonds. The summed E-state index contributed by atoms with van der Waals surface area (Å²) in [5, 5.41) is 3.52. The van der Waals surface area contributed by atoms with Crippen LogP contribution in [0.2, 0.25) is 0 Å². The summed E-state index contributed by atoms with van der Waals surface area (Å²) < 4.78 is 5.08. The first kappa shape index (κ1) is 14.1. The zero-order valence-corrected chi connectivity index (χ0v) is 11.7. The molecule has 0 aromatic carbocycles. The van der Waals surface area contributed by atoms with E-state index in [-0.39, 0.29) is 11.9 Å². The Bertz CT molecular complexity index is 409. The van der Waals surface area contributed by atoms with E-state index in [9.17, 15) is 4.79 Å². The number of hydrogen-bond acceptors (Lipinski definition) is 4. The number of nitrogens with zero attached hydrogens (tertiary/aromatic N) is 1. The van der Waals surface area contributed by atoms with Gasteiger partial charge in [0.05, 0.1) is 24.5 Å². The lowest BCUT2D eigenvalue weighted by Gasteiger charge is -2.27. The molecular weight excluding hydrogens is 242 g/mol. The maximum absolute atomic E-state index is 11.6. The van der Waals surface area contributed by atoms with Crippen molar-refractivity contribution in [1.82, 2.24) is 15.3 Å². The van der Waals surface area contributed by atoms with E-state index < -0.39 is 0 Å². The number of aromatic amines is 1. The number of carbonyl (C=O) groups excluding carboxylic acids is 1. The number of esters is 1. The molecule has 2 N–H and O–H groups in total. The molecule has 1 heterocycles. The Balaban J connectivity index is 1.72. The number of imidazole rings is 1. The Morgan fingerprint density at radius 3 is 2.79 bits per heavy atom. The van der Waals surface area contributed by atoms with Crippen molar-refractivity contribution in [2.75, 3.05) is 6.61 Å². The van der Waals surface area contributed by atoms with Crippen LogP contribution in [0.25, 0.3) is 0 Å². The van der Waals surface area contributed by atoms with E-state index in [0.29, 0.717) is 12.6 Å². The average molecular weight is 265 g/mol. The van der Waals surface area contributed by atoms with Crippen LogP contribution < -0.4 is 5.32 Å². The molecule has 0 radical (unpaired) electrons. The van der Waals surface area contributed by atoms with Crippen LogP contribution in [0.5, 0.6) is 0 Å². The predicted molar refractivity (Wildman–Crippen MR) is 72.5 cm³/mol. The minimum Gasteiger partial charge on any atom is -0.466 e. The molecule has 1 aromatic heterocycles. The SMILES string of the molecule is CCOC(=O)C1CCC(NCc2nc[nH]c2C)CC1. The number of carbonyl (C=O) groups is 1. The van der Waals surface area contributed by atoms with Gasteiger partial charge in [0.25, 0.3) is 0 Å². The fourth-order valence-corrected chi connectivity index (χ4v) is 2.60. The zero-order valence-electron chi connectivity index (χ0n) is 11.7. The highest BCUT2D eigenvalue weighted by molar-refractivity contribution is 5.72. The van der Waals surface area contributed by atoms with Gasteiger partial charge in [-0.2, -0.15) is 0 Å². The number of rotatable bonds is 5. The number of aryl methyl sites for hydroxylation is 1. The van der Waals surface area contributed by atoms with E-state index in [1.807, 2.05) is 13.8 Å². The summed E-state index contributed by atoms with van der Waals surface area (Å²) >= 11 is 0. The van der Waals surface area contributed by atoms with E-state index in [1.165, 1.54) is 0 Å². The maximum atomic E-state index is 11.6. The van der Waals surface area contributed by atoms with E-state index in [0.717, 1.165) is 43.6 Å². The lowest BCUT2D eigenvalue weighted by Crippen LogP contribution is -2.35. The Labute approximate surface area is 114 Å². The minimum absolute atomic E-state index is 0.0240. The highest BCUT2D eigenvalue weighted by Crippen LogP contribution is 2.25. The molecule has 1 aliphatic carbocycles. The molecule has 1 saturated carbocycles. The normalized spacial score (nSPS) is 23.3. The van der Waals surface area contributed by atoms with Crippen LogP contribution in [-0.4, -0.2) is 28.6 Å². The maximum Gasteiger partial charge on any atom is 0.308 e. The second kappa shape index (κ2) is 6.70. The van der Waals surface area contributed by atoms with Gasteiger partial charge in [-0.1, -0.05) is 0 Å². The summed E-state index contributed by atoms with van der Waals surface area (Å²) in [5.41, 5.74) is 2.19. The summed E-state index contributed by atoms with van der Waals surface area (Å²) in [6.45, 7) is 5.17. The highest BCUT2D eigenvalue weighted by Gasteiger charge is 2.26. The molecule has 0 spiro atoms. The Morgan fingerprint density at radius 1 is 1.47 bits per heavy atom. The zero-order chi connectivity index (χ0) is 13.7. The molecule has 1 fully saturated rings. The van der Waals surface area contributed by atoms with E-state index in [2.05, 4.69) is 15.3 Å². The predicted octanol–water partition coefficient (Wildman–Crippen LogP) is 1.93. The molecule has 1 aliphatic rings. The third-order valence-corrected chi connectivity index (χ3v) is 3.84. The van der Waals surface area contributed by atoms with Gasteiger partial charge in [0.1, 0.15) is 0 Å². The van der Waals surface area contributed by atoms with Gasteiger partial charge >= 0.3 is 5.97 Å². The monoisotopic (exact) mass is 265 g/mol. The van der Waals surface area contributed by atoms with Crippen molar-refractivity contribution < 1.29 is 9.53 Å². The van der Waals surface area contributed by atoms with E-state index >= 15 is 0 Å². The largest absolute Gasteiger partial charge is 0.466 e. The van der Waals surface area contributed by atoms with Crippen molar-refractivity contribution in [3.8, 4) is 0 Å². The van der Waals surface area contributed by atoms with Gasteiger partial charge in [0.2, 0.25) is 0 Å². The van der Waals surface area contributed by atoms with Crippen molar-refractivity contribution in [2.24, 2.45) is 5.92 Å². The lowest BCUT2D eigenvalue weighted by atomic mass is 9.86. The first-order chi connectivity index (χ1) is 9.20. The molecule has 106 valence electrons. The van der Waals surface area contributed by atoms with Crippen LogP contribution in [-0.2, 0) is 16.1 Å². The fraction of sp³-hybridized carbons (Fsp3) is 0.714. The molecule has 0 atom stereocenters. The average Bonchev–Trinajstić information content (AvgIpc) is 2.83. The standard InChI is InChI=1S/C14H23N3O2/c1-3-19-14(18)11-4-6-12(7-5-11)15-8-13-10(2)16-9-17-13/h9,11-12,15H,3-8H2,1-2H3,(H,16,17). The van der Waals surface area contributed by atoms with Gasteiger partial charge in [-0.25, -0.2) is 4.98 Å². The van der Waals surface area contributed by atoms with Gasteiger partial charge in [-0.05, 0) is 39.5 Å². The number of aromatic nitrogens is 2. The number of H-pyrrole nitrogens is 1. The molecule has 19 heavy (non-hydrogen) atoms. The number of ether oxygens (including phenoxy) is 1. The van der Waals surface area contributed by atoms with Crippen LogP contribution in [0.1, 0.15) is 44.0 Å². The van der Waals surface area contributed by atoms with Gasteiger partial charge in [0, 0.05) is 18.3 Å². The molecular formula is C14H23N3O2. The lowest BCUT2D eigenvalue weighted by molar-refractivity contribution is -0.149. The first-order valence-electron chi connectivity index (χ1n) is 7.09. The van der Waals surface area contributed by atoms with Crippen molar-refractivity contribution in [3.05, 3.63) is 17.7 Å². The first-order valence-corrected chi connectivity index (χ1v) is 7.09. The minimum atomic E-state index is -0.0240. The van der Waals surface area contributed by atoms with Crippen molar-refractivity contribution in [1.29, 1.82) is 0 Å². The molecule has 0 bridgehead atoms. The van der Waals surface area contributed by atoms with Crippen LogP contribution in [0, 0.1) is 12.8 Å². The topological polar surface area (TPSA) is 67.0 Å². The highest BCUT2D eigenvalue weighted by atomic mass is 16.5. The Morgan fingerprint density at radius 2 is 2.21 bits per heavy atom. The van der Waals surface area contributed by atoms with Gasteiger partial charge < -0.3 is 15.0 Å². The summed E-state index contributed by atoms with van der Waals surface area (Å²) in [6, 6.07) is 0.488. The van der Waals surface area contributed by atoms with Crippen molar-refractivity contribution >= 4 is 5.97 Å². The van der Waals surface area contributed by atoms with Gasteiger partial charge in [-0.3, -0.25) is 4.79 Å². The third-order valence-electron chi connectivity index (χ3n) is 3.84. The van der Waals surface area contributed by atoms with Crippen molar-refractivity contribution in [3.63, 3.8) is 0 Å². The van der Waals surface area contributed by atoms with Crippen LogP contribution >= 0.6 is 0 Å². The molecule has 5 nitrogen and oxygen atoms in total. The Kier molecular flexibility index (Phi) is 4.96. The van der Waals surface area contributed by atoms with E-state index in [1.54, 1.807) is 6.33 Å². The Hall–Kier alpha value is -1.36. The number of hydrogen-bond donors (Lipinski definition) is 2. The fourth-order valence-electron chi connectivity index (χ4n) is 2.60. The third kappa shape index (κ3) is 3.80. The molecule has 0 unspecified atom stereocenters. The van der Waals surface area contributed by atoms with Gasteiger partial charge in [0.15, 0.2) is 0 Å². The molecule has 1 aromatic rings. The second-order valence-corrected chi connectivity index (χ2v) is 5.16. The van der Waals surface area contributed by atoms with Crippen LogP contribution in [0.4, 0.5) is 0 Å². The summed E-state index contributed by atoms with van der Waals surface area (Å²) in [6.07, 6.45) is 5.65. The van der Waals surface area contributed by atoms with E-state index in [4.69, 9.17) is 4.74 Å². The van der Waals surface area contributed by atoms with Crippen LogP contribution in [0.15, 0.2) is 6.33 Å². The molecule has 5 heteroatoms. The summed E-state index contributed by atoms with van der Waals surface area (Å²) in [4.78, 5) is 19.0.